The van der Waals surface area contributed by atoms with Crippen molar-refractivity contribution in [3.05, 3.63) is 29.8 Å². The van der Waals surface area contributed by atoms with E-state index in [0.717, 1.165) is 25.5 Å². The Hall–Kier alpha value is -1.89. The van der Waals surface area contributed by atoms with E-state index in [1.165, 1.54) is 50.6 Å². The van der Waals surface area contributed by atoms with Crippen molar-refractivity contribution in [1.29, 1.82) is 0 Å². The molecule has 1 unspecified atom stereocenters. The third kappa shape index (κ3) is 4.84. The molecule has 26 heavy (non-hydrogen) atoms. The number of para-hydroxylation sites is 1. The van der Waals surface area contributed by atoms with Crippen molar-refractivity contribution in [3.8, 4) is 0 Å². The second-order valence-corrected chi connectivity index (χ2v) is 7.05. The summed E-state index contributed by atoms with van der Waals surface area (Å²) in [5.41, 5.74) is 0.0739. The van der Waals surface area contributed by atoms with E-state index in [2.05, 4.69) is 20.5 Å². The molecule has 2 saturated heterocycles. The van der Waals surface area contributed by atoms with E-state index in [1.807, 2.05) is 0 Å². The molecule has 5 nitrogen and oxygen atoms in total. The molecule has 0 aliphatic carbocycles. The predicted octanol–water partition coefficient (Wildman–Crippen LogP) is 2.19. The first-order valence-corrected chi connectivity index (χ1v) is 9.56. The Morgan fingerprint density at radius 2 is 1.88 bits per heavy atom. The zero-order valence-corrected chi connectivity index (χ0v) is 15.5. The Balaban J connectivity index is 1.46. The molecule has 2 aliphatic heterocycles. The number of likely N-dealkylation sites (tertiary alicyclic amines) is 1. The number of anilines is 1. The molecule has 1 atom stereocenters. The molecule has 0 aromatic heterocycles. The molecule has 2 heterocycles. The Kier molecular flexibility index (Phi) is 6.66. The van der Waals surface area contributed by atoms with Crippen LogP contribution in [-0.2, 0) is 0 Å². The second-order valence-electron chi connectivity index (χ2n) is 7.05. The van der Waals surface area contributed by atoms with Gasteiger partial charge >= 0.3 is 0 Å². The van der Waals surface area contributed by atoms with Crippen molar-refractivity contribution in [2.24, 2.45) is 4.99 Å². The number of piperidine rings is 1. The summed E-state index contributed by atoms with van der Waals surface area (Å²) in [6.45, 7) is 5.40. The average Bonchev–Trinajstić information content (AvgIpc) is 3.09. The highest BCUT2D eigenvalue weighted by Gasteiger charge is 2.27. The molecular weight excluding hydrogens is 336 g/mol. The largest absolute Gasteiger partial charge is 0.365 e. The van der Waals surface area contributed by atoms with Gasteiger partial charge in [0.15, 0.2) is 5.96 Å². The number of halogens is 2. The summed E-state index contributed by atoms with van der Waals surface area (Å²) >= 11 is 0. The number of hydrogen-bond acceptors (Lipinski definition) is 3. The van der Waals surface area contributed by atoms with Crippen molar-refractivity contribution >= 4 is 11.6 Å². The maximum absolute atomic E-state index is 14.0. The van der Waals surface area contributed by atoms with Gasteiger partial charge in [-0.05, 0) is 44.5 Å². The highest BCUT2D eigenvalue weighted by atomic mass is 19.1. The Morgan fingerprint density at radius 3 is 2.58 bits per heavy atom. The van der Waals surface area contributed by atoms with Gasteiger partial charge in [-0.15, -0.1) is 0 Å². The van der Waals surface area contributed by atoms with Gasteiger partial charge in [0.25, 0.3) is 0 Å². The van der Waals surface area contributed by atoms with Crippen LogP contribution < -0.4 is 15.5 Å². The number of nitrogens with zero attached hydrogens (tertiary/aromatic N) is 3. The van der Waals surface area contributed by atoms with Gasteiger partial charge in [0.1, 0.15) is 17.3 Å². The molecule has 3 rings (SSSR count). The zero-order chi connectivity index (χ0) is 18.4. The van der Waals surface area contributed by atoms with Gasteiger partial charge < -0.3 is 20.4 Å². The van der Waals surface area contributed by atoms with Gasteiger partial charge in [-0.25, -0.2) is 8.78 Å². The number of rotatable bonds is 5. The molecule has 0 spiro atoms. The van der Waals surface area contributed by atoms with Crippen molar-refractivity contribution in [3.63, 3.8) is 0 Å². The topological polar surface area (TPSA) is 42.9 Å². The van der Waals surface area contributed by atoms with Gasteiger partial charge in [0, 0.05) is 39.3 Å². The zero-order valence-electron chi connectivity index (χ0n) is 15.5. The van der Waals surface area contributed by atoms with Crippen LogP contribution in [0.25, 0.3) is 0 Å². The van der Waals surface area contributed by atoms with Gasteiger partial charge in [-0.2, -0.15) is 0 Å². The first-order chi connectivity index (χ1) is 12.7. The third-order valence-corrected chi connectivity index (χ3v) is 5.18. The standard InChI is InChI=1S/C19H29F2N5/c1-22-19(23-9-13-25-10-3-2-4-11-25)24-15-8-12-26(14-15)18-16(20)6-5-7-17(18)21/h5-7,15H,2-4,8-14H2,1H3,(H2,22,23,24). The van der Waals surface area contributed by atoms with E-state index < -0.39 is 11.6 Å². The lowest BCUT2D eigenvalue weighted by molar-refractivity contribution is 0.232. The maximum Gasteiger partial charge on any atom is 0.191 e. The Bertz CT molecular complexity index is 596. The number of nitrogens with one attached hydrogen (secondary N) is 2. The lowest BCUT2D eigenvalue weighted by Crippen LogP contribution is -2.47. The molecule has 144 valence electrons. The quantitative estimate of drug-likeness (QED) is 0.620. The molecule has 0 radical (unpaired) electrons. The van der Waals surface area contributed by atoms with Crippen LogP contribution >= 0.6 is 0 Å². The fraction of sp³-hybridized carbons (Fsp3) is 0.632. The number of benzene rings is 1. The summed E-state index contributed by atoms with van der Waals surface area (Å²) in [7, 11) is 1.75. The number of hydrogen-bond donors (Lipinski definition) is 2. The van der Waals surface area contributed by atoms with Crippen molar-refractivity contribution in [1.82, 2.24) is 15.5 Å². The van der Waals surface area contributed by atoms with Crippen LogP contribution in [0.4, 0.5) is 14.5 Å². The molecule has 7 heteroatoms. The van der Waals surface area contributed by atoms with Crippen LogP contribution in [-0.4, -0.2) is 63.2 Å². The monoisotopic (exact) mass is 365 g/mol. The van der Waals surface area contributed by atoms with Crippen LogP contribution in [0.3, 0.4) is 0 Å². The number of guanidine groups is 1. The Morgan fingerprint density at radius 1 is 1.15 bits per heavy atom. The minimum absolute atomic E-state index is 0.0739. The summed E-state index contributed by atoms with van der Waals surface area (Å²) in [6, 6.07) is 4.13. The summed E-state index contributed by atoms with van der Waals surface area (Å²) < 4.78 is 27.9. The van der Waals surface area contributed by atoms with Gasteiger partial charge in [0.2, 0.25) is 0 Å². The van der Waals surface area contributed by atoms with Crippen molar-refractivity contribution in [2.75, 3.05) is 51.2 Å². The minimum atomic E-state index is -0.505. The second kappa shape index (κ2) is 9.16. The van der Waals surface area contributed by atoms with Gasteiger partial charge in [0.05, 0.1) is 0 Å². The summed E-state index contributed by atoms with van der Waals surface area (Å²) in [6.07, 6.45) is 4.74. The first-order valence-electron chi connectivity index (χ1n) is 9.56. The first kappa shape index (κ1) is 18.9. The van der Waals surface area contributed by atoms with Crippen molar-refractivity contribution < 1.29 is 8.78 Å². The predicted molar refractivity (Wildman–Crippen MR) is 102 cm³/mol. The fourth-order valence-corrected chi connectivity index (χ4v) is 3.78. The van der Waals surface area contributed by atoms with E-state index in [0.29, 0.717) is 13.1 Å². The number of aliphatic imine (C=N–C) groups is 1. The van der Waals surface area contributed by atoms with E-state index >= 15 is 0 Å². The van der Waals surface area contributed by atoms with Gasteiger partial charge in [-0.3, -0.25) is 4.99 Å². The molecule has 2 aliphatic rings. The van der Waals surface area contributed by atoms with Crippen molar-refractivity contribution in [2.45, 2.75) is 31.7 Å². The maximum atomic E-state index is 14.0. The smallest absolute Gasteiger partial charge is 0.191 e. The average molecular weight is 365 g/mol. The highest BCUT2D eigenvalue weighted by Crippen LogP contribution is 2.26. The summed E-state index contributed by atoms with van der Waals surface area (Å²) in [5, 5.41) is 6.73. The third-order valence-electron chi connectivity index (χ3n) is 5.18. The normalized spacial score (nSPS) is 21.9. The summed E-state index contributed by atoms with van der Waals surface area (Å²) in [4.78, 5) is 8.52. The molecule has 0 amide bonds. The lowest BCUT2D eigenvalue weighted by Gasteiger charge is -2.27. The van der Waals surface area contributed by atoms with E-state index in [4.69, 9.17) is 0 Å². The lowest BCUT2D eigenvalue weighted by atomic mass is 10.1. The van der Waals surface area contributed by atoms with E-state index in [-0.39, 0.29) is 11.7 Å². The van der Waals surface area contributed by atoms with E-state index in [9.17, 15) is 8.78 Å². The molecule has 1 aromatic carbocycles. The molecule has 0 saturated carbocycles. The van der Waals surface area contributed by atoms with Crippen LogP contribution in [0.5, 0.6) is 0 Å². The summed E-state index contributed by atoms with van der Waals surface area (Å²) in [5.74, 6) is -0.257. The van der Waals surface area contributed by atoms with Crippen LogP contribution in [0, 0.1) is 11.6 Å². The van der Waals surface area contributed by atoms with Gasteiger partial charge in [-0.1, -0.05) is 12.5 Å². The molecule has 1 aromatic rings. The fourth-order valence-electron chi connectivity index (χ4n) is 3.78. The van der Waals surface area contributed by atoms with E-state index in [1.54, 1.807) is 11.9 Å². The molecule has 2 N–H and O–H groups in total. The highest BCUT2D eigenvalue weighted by molar-refractivity contribution is 5.80. The van der Waals surface area contributed by atoms with Crippen LogP contribution in [0.2, 0.25) is 0 Å². The molecule has 0 bridgehead atoms. The van der Waals surface area contributed by atoms with Crippen LogP contribution in [0.1, 0.15) is 25.7 Å². The SMILES string of the molecule is CN=C(NCCN1CCCCC1)NC1CCN(c2c(F)cccc2F)C1. The Labute approximate surface area is 154 Å². The molecular formula is C19H29F2N5. The minimum Gasteiger partial charge on any atom is -0.365 e. The molecule has 2 fully saturated rings. The van der Waals surface area contributed by atoms with Crippen LogP contribution in [0.15, 0.2) is 23.2 Å².